The molecule has 1 aliphatic heterocycles. The van der Waals surface area contributed by atoms with Crippen LogP contribution in [0.5, 0.6) is 0 Å². The first kappa shape index (κ1) is 12.1. The lowest BCUT2D eigenvalue weighted by atomic mass is 10.1. The molecule has 1 aliphatic rings. The van der Waals surface area contributed by atoms with E-state index in [-0.39, 0.29) is 6.04 Å². The second-order valence-electron chi connectivity index (χ2n) is 3.55. The van der Waals surface area contributed by atoms with Crippen LogP contribution in [-0.2, 0) is 4.74 Å². The van der Waals surface area contributed by atoms with Gasteiger partial charge < -0.3 is 4.74 Å². The molecule has 5 heteroatoms. The van der Waals surface area contributed by atoms with Gasteiger partial charge in [0.2, 0.25) is 0 Å². The summed E-state index contributed by atoms with van der Waals surface area (Å²) in [5.41, 5.74) is 3.85. The molecule has 0 amide bonds. The summed E-state index contributed by atoms with van der Waals surface area (Å²) >= 11 is 6.92. The van der Waals surface area contributed by atoms with E-state index in [0.29, 0.717) is 0 Å². The summed E-state index contributed by atoms with van der Waals surface area (Å²) in [5.74, 6) is 6.48. The topological polar surface area (TPSA) is 47.3 Å². The van der Waals surface area contributed by atoms with Crippen molar-refractivity contribution in [3.63, 3.8) is 0 Å². The lowest BCUT2D eigenvalue weighted by molar-refractivity contribution is 0.215. The third-order valence-corrected chi connectivity index (χ3v) is 3.32. The molecule has 1 aromatic rings. The van der Waals surface area contributed by atoms with Gasteiger partial charge in [-0.15, -0.1) is 0 Å². The van der Waals surface area contributed by atoms with Crippen molar-refractivity contribution < 1.29 is 4.74 Å². The highest BCUT2D eigenvalue weighted by atomic mass is 79.9. The van der Waals surface area contributed by atoms with Gasteiger partial charge in [0.15, 0.2) is 0 Å². The first-order valence-corrected chi connectivity index (χ1v) is 6.54. The molecular weight excluding hydrogens is 336 g/mol. The lowest BCUT2D eigenvalue weighted by Gasteiger charge is -2.18. The first-order valence-electron chi connectivity index (χ1n) is 4.95. The smallest absolute Gasteiger partial charge is 0.115 e. The van der Waals surface area contributed by atoms with Crippen LogP contribution in [0, 0.1) is 0 Å². The maximum absolute atomic E-state index is 5.58. The molecule has 1 heterocycles. The van der Waals surface area contributed by atoms with Gasteiger partial charge in [0, 0.05) is 15.4 Å². The fourth-order valence-electron chi connectivity index (χ4n) is 1.72. The summed E-state index contributed by atoms with van der Waals surface area (Å²) in [4.78, 5) is 0. The van der Waals surface area contributed by atoms with Crippen molar-refractivity contribution in [3.05, 3.63) is 44.5 Å². The first-order chi connectivity index (χ1) is 7.70. The van der Waals surface area contributed by atoms with Crippen molar-refractivity contribution in [2.75, 3.05) is 6.61 Å². The van der Waals surface area contributed by atoms with Gasteiger partial charge in [0.05, 0.1) is 6.61 Å². The molecule has 0 aliphatic carbocycles. The third kappa shape index (κ3) is 2.66. The van der Waals surface area contributed by atoms with Gasteiger partial charge in [-0.25, -0.2) is 5.43 Å². The minimum atomic E-state index is -0.0868. The van der Waals surface area contributed by atoms with E-state index >= 15 is 0 Å². The number of hydrogen-bond donors (Lipinski definition) is 2. The summed E-state index contributed by atoms with van der Waals surface area (Å²) in [6.07, 6.45) is 3.02. The summed E-state index contributed by atoms with van der Waals surface area (Å²) < 4.78 is 7.55. The van der Waals surface area contributed by atoms with E-state index in [9.17, 15) is 0 Å². The summed E-state index contributed by atoms with van der Waals surface area (Å²) in [6, 6.07) is 5.95. The van der Waals surface area contributed by atoms with E-state index < -0.39 is 0 Å². The molecule has 0 radical (unpaired) electrons. The predicted octanol–water partition coefficient (Wildman–Crippen LogP) is 3.02. The molecule has 0 bridgehead atoms. The van der Waals surface area contributed by atoms with Crippen molar-refractivity contribution >= 4 is 31.9 Å². The van der Waals surface area contributed by atoms with Gasteiger partial charge >= 0.3 is 0 Å². The Kier molecular flexibility index (Phi) is 4.02. The molecular formula is C11H12Br2N2O. The normalized spacial score (nSPS) is 16.8. The maximum Gasteiger partial charge on any atom is 0.115 e. The van der Waals surface area contributed by atoms with Crippen LogP contribution in [0.3, 0.4) is 0 Å². The second kappa shape index (κ2) is 5.31. The lowest BCUT2D eigenvalue weighted by Crippen LogP contribution is -2.29. The van der Waals surface area contributed by atoms with E-state index in [4.69, 9.17) is 10.6 Å². The Morgan fingerprint density at radius 3 is 2.44 bits per heavy atom. The Morgan fingerprint density at radius 2 is 1.94 bits per heavy atom. The largest absolute Gasteiger partial charge is 0.496 e. The SMILES string of the molecule is NNC(C1=CCCO1)c1cc(Br)cc(Br)c1. The average molecular weight is 348 g/mol. The standard InChI is InChI=1S/C11H12Br2N2O/c12-8-4-7(5-9(13)6-8)11(15-14)10-2-1-3-16-10/h2,4-6,11,15H,1,3,14H2. The van der Waals surface area contributed by atoms with Crippen LogP contribution in [0.4, 0.5) is 0 Å². The van der Waals surface area contributed by atoms with Gasteiger partial charge in [-0.2, -0.15) is 0 Å². The molecule has 16 heavy (non-hydrogen) atoms. The monoisotopic (exact) mass is 346 g/mol. The van der Waals surface area contributed by atoms with Crippen LogP contribution in [0.1, 0.15) is 18.0 Å². The number of nitrogens with one attached hydrogen (secondary N) is 1. The van der Waals surface area contributed by atoms with Crippen molar-refractivity contribution in [1.29, 1.82) is 0 Å². The van der Waals surface area contributed by atoms with Crippen LogP contribution < -0.4 is 11.3 Å². The minimum absolute atomic E-state index is 0.0868. The molecule has 0 fully saturated rings. The Hall–Kier alpha value is -0.360. The van der Waals surface area contributed by atoms with E-state index in [1.54, 1.807) is 0 Å². The molecule has 0 saturated heterocycles. The summed E-state index contributed by atoms with van der Waals surface area (Å²) in [5, 5.41) is 0. The van der Waals surface area contributed by atoms with Crippen LogP contribution in [0.2, 0.25) is 0 Å². The fraction of sp³-hybridized carbons (Fsp3) is 0.273. The van der Waals surface area contributed by atoms with Gasteiger partial charge in [-0.05, 0) is 29.8 Å². The van der Waals surface area contributed by atoms with Crippen LogP contribution in [0.25, 0.3) is 0 Å². The highest BCUT2D eigenvalue weighted by molar-refractivity contribution is 9.11. The molecule has 0 aromatic heterocycles. The molecule has 0 saturated carbocycles. The van der Waals surface area contributed by atoms with Crippen molar-refractivity contribution in [2.24, 2.45) is 5.84 Å². The molecule has 1 unspecified atom stereocenters. The minimum Gasteiger partial charge on any atom is -0.496 e. The molecule has 3 N–H and O–H groups in total. The summed E-state index contributed by atoms with van der Waals surface area (Å²) in [6.45, 7) is 0.739. The number of rotatable bonds is 3. The Labute approximate surface area is 111 Å². The zero-order chi connectivity index (χ0) is 11.5. The van der Waals surface area contributed by atoms with Crippen LogP contribution in [-0.4, -0.2) is 6.61 Å². The second-order valence-corrected chi connectivity index (χ2v) is 5.38. The van der Waals surface area contributed by atoms with Crippen LogP contribution in [0.15, 0.2) is 39.0 Å². The molecule has 0 spiro atoms. The van der Waals surface area contributed by atoms with Gasteiger partial charge in [0.1, 0.15) is 11.8 Å². The highest BCUT2D eigenvalue weighted by Gasteiger charge is 2.20. The Bertz CT molecular complexity index is 400. The van der Waals surface area contributed by atoms with E-state index in [1.807, 2.05) is 18.2 Å². The predicted molar refractivity (Wildman–Crippen MR) is 70.6 cm³/mol. The zero-order valence-electron chi connectivity index (χ0n) is 8.54. The van der Waals surface area contributed by atoms with E-state index in [1.165, 1.54) is 0 Å². The molecule has 2 rings (SSSR count). The highest BCUT2D eigenvalue weighted by Crippen LogP contribution is 2.30. The van der Waals surface area contributed by atoms with Gasteiger partial charge in [0.25, 0.3) is 0 Å². The average Bonchev–Trinajstić information content (AvgIpc) is 2.70. The zero-order valence-corrected chi connectivity index (χ0v) is 11.7. The molecule has 86 valence electrons. The maximum atomic E-state index is 5.58. The number of benzene rings is 1. The van der Waals surface area contributed by atoms with Crippen LogP contribution >= 0.6 is 31.9 Å². The molecule has 1 atom stereocenters. The number of hydrazine groups is 1. The molecule has 1 aromatic carbocycles. The Morgan fingerprint density at radius 1 is 1.25 bits per heavy atom. The number of halogens is 2. The van der Waals surface area contributed by atoms with E-state index in [0.717, 1.165) is 33.3 Å². The van der Waals surface area contributed by atoms with Crippen molar-refractivity contribution in [2.45, 2.75) is 12.5 Å². The Balaban J connectivity index is 2.32. The van der Waals surface area contributed by atoms with E-state index in [2.05, 4.69) is 43.4 Å². The number of ether oxygens (including phenoxy) is 1. The number of nitrogens with two attached hydrogens (primary N) is 1. The fourth-order valence-corrected chi connectivity index (χ4v) is 3.05. The molecule has 3 nitrogen and oxygen atoms in total. The van der Waals surface area contributed by atoms with Crippen molar-refractivity contribution in [3.8, 4) is 0 Å². The number of hydrogen-bond acceptors (Lipinski definition) is 3. The van der Waals surface area contributed by atoms with Gasteiger partial charge in [-0.3, -0.25) is 5.84 Å². The third-order valence-electron chi connectivity index (χ3n) is 2.40. The quantitative estimate of drug-likeness (QED) is 0.652. The van der Waals surface area contributed by atoms with Gasteiger partial charge in [-0.1, -0.05) is 31.9 Å². The van der Waals surface area contributed by atoms with Crippen molar-refractivity contribution in [1.82, 2.24) is 5.43 Å². The summed E-state index contributed by atoms with van der Waals surface area (Å²) in [7, 11) is 0.